The third kappa shape index (κ3) is 3.34. The molecule has 0 aliphatic heterocycles. The number of aromatic amines is 1. The fraction of sp³-hybridized carbons (Fsp3) is 0.316. The van der Waals surface area contributed by atoms with E-state index < -0.39 is 0 Å². The van der Waals surface area contributed by atoms with Gasteiger partial charge in [-0.1, -0.05) is 31.5 Å². The highest BCUT2D eigenvalue weighted by Gasteiger charge is 2.18. The van der Waals surface area contributed by atoms with E-state index in [0.717, 1.165) is 24.2 Å². The Kier molecular flexibility index (Phi) is 5.73. The van der Waals surface area contributed by atoms with Crippen molar-refractivity contribution in [2.24, 2.45) is 0 Å². The predicted molar refractivity (Wildman–Crippen MR) is 99.6 cm³/mol. The maximum absolute atomic E-state index is 12.4. The zero-order valence-electron chi connectivity index (χ0n) is 14.4. The highest BCUT2D eigenvalue weighted by molar-refractivity contribution is 6.32. The van der Waals surface area contributed by atoms with E-state index >= 15 is 0 Å². The van der Waals surface area contributed by atoms with E-state index in [0.29, 0.717) is 21.5 Å². The lowest BCUT2D eigenvalue weighted by Gasteiger charge is -2.14. The molecule has 4 nitrogen and oxygen atoms in total. The average Bonchev–Trinajstić information content (AvgIpc) is 2.59. The van der Waals surface area contributed by atoms with Gasteiger partial charge in [0.1, 0.15) is 5.75 Å². The Labute approximate surface area is 146 Å². The molecule has 0 saturated carbocycles. The molecule has 0 unspecified atom stereocenters. The number of hydrogen-bond donors (Lipinski definition) is 2. The second kappa shape index (κ2) is 7.58. The molecule has 0 saturated heterocycles. The van der Waals surface area contributed by atoms with Crippen molar-refractivity contribution in [3.8, 4) is 5.75 Å². The van der Waals surface area contributed by atoms with Crippen LogP contribution in [0.5, 0.6) is 5.75 Å². The number of allylic oxidation sites excluding steroid dienone is 4. The smallest absolute Gasteiger partial charge is 0.260 e. The third-order valence-electron chi connectivity index (χ3n) is 3.89. The highest BCUT2D eigenvalue weighted by atomic mass is 35.5. The Bertz CT molecular complexity index is 878. The van der Waals surface area contributed by atoms with Crippen molar-refractivity contribution < 1.29 is 9.84 Å². The summed E-state index contributed by atoms with van der Waals surface area (Å²) in [4.78, 5) is 15.2. The number of aromatic nitrogens is 1. The maximum Gasteiger partial charge on any atom is 0.260 e. The van der Waals surface area contributed by atoms with Gasteiger partial charge >= 0.3 is 0 Å². The first-order valence-corrected chi connectivity index (χ1v) is 8.39. The number of halogens is 1. The number of nitrogens with one attached hydrogen (secondary N) is 1. The van der Waals surface area contributed by atoms with Crippen LogP contribution in [0.25, 0.3) is 16.5 Å². The summed E-state index contributed by atoms with van der Waals surface area (Å²) in [5.41, 5.74) is 1.96. The number of aryl methyl sites for hydroxylation is 1. The molecule has 1 aliphatic rings. The summed E-state index contributed by atoms with van der Waals surface area (Å²) in [5.74, 6) is 0.766. The fourth-order valence-electron chi connectivity index (χ4n) is 2.69. The van der Waals surface area contributed by atoms with Gasteiger partial charge in [0.25, 0.3) is 5.56 Å². The first kappa shape index (κ1) is 18.1. The molecule has 0 bridgehead atoms. The summed E-state index contributed by atoms with van der Waals surface area (Å²) < 4.78 is 5.25. The summed E-state index contributed by atoms with van der Waals surface area (Å²) >= 11 is 6.08. The Hall–Kier alpha value is -2.20. The minimum atomic E-state index is -0.343. The van der Waals surface area contributed by atoms with Gasteiger partial charge in [0.2, 0.25) is 0 Å². The monoisotopic (exact) mass is 347 g/mol. The van der Waals surface area contributed by atoms with Crippen LogP contribution < -0.4 is 5.56 Å². The van der Waals surface area contributed by atoms with Gasteiger partial charge in [0.05, 0.1) is 23.9 Å². The van der Waals surface area contributed by atoms with Gasteiger partial charge in [-0.3, -0.25) is 4.79 Å². The lowest BCUT2D eigenvalue weighted by Crippen LogP contribution is -2.13. The van der Waals surface area contributed by atoms with Crippen molar-refractivity contribution in [2.45, 2.75) is 33.6 Å². The lowest BCUT2D eigenvalue weighted by molar-refractivity contribution is 0.277. The highest BCUT2D eigenvalue weighted by Crippen LogP contribution is 2.34. The summed E-state index contributed by atoms with van der Waals surface area (Å²) in [6.45, 7) is 5.86. The molecule has 1 aromatic heterocycles. The SMILES string of the molecule is CC.COC1=CC(c2c(O)c3cc(C)c(Cl)cc3[nH]c2=O)=CCC1. The first-order valence-electron chi connectivity index (χ1n) is 8.01. The minimum absolute atomic E-state index is 0.0293. The van der Waals surface area contributed by atoms with Gasteiger partial charge in [-0.2, -0.15) is 0 Å². The number of pyridine rings is 1. The van der Waals surface area contributed by atoms with Crippen molar-refractivity contribution >= 4 is 28.1 Å². The van der Waals surface area contributed by atoms with Crippen LogP contribution in [0, 0.1) is 6.92 Å². The second-order valence-corrected chi connectivity index (χ2v) is 5.74. The van der Waals surface area contributed by atoms with Gasteiger partial charge in [-0.05, 0) is 42.7 Å². The molecule has 2 N–H and O–H groups in total. The van der Waals surface area contributed by atoms with Crippen LogP contribution in [0.2, 0.25) is 5.02 Å². The molecule has 0 atom stereocenters. The standard InChI is InChI=1S/C17H16ClNO3.C2H6/c1-9-6-12-14(8-13(9)18)19-17(21)15(16(12)20)10-4-3-5-11(7-10)22-2;1-2/h4,6-8H,3,5H2,1-2H3,(H2,19,20,21);1-2H3. The topological polar surface area (TPSA) is 62.3 Å². The van der Waals surface area contributed by atoms with Crippen LogP contribution in [-0.2, 0) is 4.74 Å². The van der Waals surface area contributed by atoms with Gasteiger partial charge in [0.15, 0.2) is 0 Å². The van der Waals surface area contributed by atoms with Crippen molar-refractivity contribution in [3.63, 3.8) is 0 Å². The third-order valence-corrected chi connectivity index (χ3v) is 4.30. The number of fused-ring (bicyclic) bond motifs is 1. The minimum Gasteiger partial charge on any atom is -0.506 e. The summed E-state index contributed by atoms with van der Waals surface area (Å²) in [6.07, 6.45) is 5.29. The molecule has 1 aromatic carbocycles. The Balaban J connectivity index is 0.00000100. The number of rotatable bonds is 2. The van der Waals surface area contributed by atoms with Crippen LogP contribution in [0.4, 0.5) is 0 Å². The first-order chi connectivity index (χ1) is 11.5. The number of hydrogen-bond acceptors (Lipinski definition) is 3. The average molecular weight is 348 g/mol. The quantitative estimate of drug-likeness (QED) is 0.809. The van der Waals surface area contributed by atoms with Gasteiger partial charge in [-0.15, -0.1) is 0 Å². The van der Waals surface area contributed by atoms with Gasteiger partial charge in [-0.25, -0.2) is 0 Å². The van der Waals surface area contributed by atoms with Gasteiger partial charge in [0, 0.05) is 16.8 Å². The lowest BCUT2D eigenvalue weighted by atomic mass is 9.97. The molecule has 0 fully saturated rings. The van der Waals surface area contributed by atoms with E-state index in [9.17, 15) is 9.90 Å². The molecule has 0 amide bonds. The van der Waals surface area contributed by atoms with E-state index in [4.69, 9.17) is 16.3 Å². The van der Waals surface area contributed by atoms with E-state index in [2.05, 4.69) is 4.98 Å². The van der Waals surface area contributed by atoms with Gasteiger partial charge < -0.3 is 14.8 Å². The Morgan fingerprint density at radius 2 is 2.00 bits per heavy atom. The van der Waals surface area contributed by atoms with Crippen LogP contribution in [0.1, 0.15) is 37.8 Å². The van der Waals surface area contributed by atoms with Crippen molar-refractivity contribution in [3.05, 3.63) is 56.5 Å². The van der Waals surface area contributed by atoms with Crippen LogP contribution >= 0.6 is 11.6 Å². The zero-order valence-corrected chi connectivity index (χ0v) is 15.1. The van der Waals surface area contributed by atoms with Crippen molar-refractivity contribution in [1.82, 2.24) is 4.98 Å². The number of methoxy groups -OCH3 is 1. The number of aromatic hydroxyl groups is 1. The molecular weight excluding hydrogens is 326 g/mol. The zero-order chi connectivity index (χ0) is 17.9. The summed E-state index contributed by atoms with van der Waals surface area (Å²) in [5, 5.41) is 11.7. The largest absolute Gasteiger partial charge is 0.506 e. The maximum atomic E-state index is 12.4. The molecule has 3 rings (SSSR count). The molecule has 0 radical (unpaired) electrons. The molecule has 2 aromatic rings. The normalized spacial score (nSPS) is 13.7. The predicted octanol–water partition coefficient (Wildman–Crippen LogP) is 4.93. The summed E-state index contributed by atoms with van der Waals surface area (Å²) in [7, 11) is 1.60. The molecule has 1 heterocycles. The van der Waals surface area contributed by atoms with Crippen LogP contribution in [0.3, 0.4) is 0 Å². The van der Waals surface area contributed by atoms with Crippen molar-refractivity contribution in [2.75, 3.05) is 7.11 Å². The van der Waals surface area contributed by atoms with Crippen molar-refractivity contribution in [1.29, 1.82) is 0 Å². The second-order valence-electron chi connectivity index (χ2n) is 5.34. The van der Waals surface area contributed by atoms with E-state index in [1.54, 1.807) is 25.3 Å². The van der Waals surface area contributed by atoms with E-state index in [1.807, 2.05) is 26.8 Å². The van der Waals surface area contributed by atoms with Crippen LogP contribution in [0.15, 0.2) is 34.8 Å². The molecule has 1 aliphatic carbocycles. The number of ether oxygens (including phenoxy) is 1. The van der Waals surface area contributed by atoms with E-state index in [-0.39, 0.29) is 16.9 Å². The number of benzene rings is 1. The molecular formula is C19H22ClNO3. The summed E-state index contributed by atoms with van der Waals surface area (Å²) in [6, 6.07) is 3.43. The van der Waals surface area contributed by atoms with Crippen LogP contribution in [-0.4, -0.2) is 17.2 Å². The van der Waals surface area contributed by atoms with E-state index in [1.165, 1.54) is 0 Å². The fourth-order valence-corrected chi connectivity index (χ4v) is 2.85. The molecule has 0 spiro atoms. The Morgan fingerprint density at radius 1 is 1.29 bits per heavy atom. The number of H-pyrrole nitrogens is 1. The Morgan fingerprint density at radius 3 is 2.67 bits per heavy atom. The molecule has 5 heteroatoms. The molecule has 24 heavy (non-hydrogen) atoms. The molecule has 128 valence electrons.